The second-order valence-corrected chi connectivity index (χ2v) is 9.17. The Bertz CT molecular complexity index is 976. The molecule has 1 saturated carbocycles. The Labute approximate surface area is 187 Å². The van der Waals surface area contributed by atoms with E-state index in [2.05, 4.69) is 35.3 Å². The number of amides is 1. The van der Waals surface area contributed by atoms with Crippen molar-refractivity contribution in [1.29, 1.82) is 0 Å². The van der Waals surface area contributed by atoms with E-state index in [0.29, 0.717) is 0 Å². The molecule has 0 aromatic heterocycles. The van der Waals surface area contributed by atoms with Crippen LogP contribution < -0.4 is 5.32 Å². The number of halogens is 3. The molecule has 1 aliphatic heterocycles. The van der Waals surface area contributed by atoms with Gasteiger partial charge in [0, 0.05) is 19.0 Å². The van der Waals surface area contributed by atoms with Crippen LogP contribution in [0.3, 0.4) is 0 Å². The van der Waals surface area contributed by atoms with Gasteiger partial charge in [-0.15, -0.1) is 0 Å². The highest BCUT2D eigenvalue weighted by Gasteiger charge is 2.58. The van der Waals surface area contributed by atoms with Crippen molar-refractivity contribution in [2.24, 2.45) is 11.3 Å². The smallest absolute Gasteiger partial charge is 0.352 e. The Morgan fingerprint density at radius 1 is 1.09 bits per heavy atom. The summed E-state index contributed by atoms with van der Waals surface area (Å²) in [5.74, 6) is -0.195. The van der Waals surface area contributed by atoms with Crippen molar-refractivity contribution < 1.29 is 18.0 Å². The summed E-state index contributed by atoms with van der Waals surface area (Å²) in [5, 5.41) is 2.75. The SMILES string of the molecule is C/C(=C\c1ccccc1)CN1CCC2(CC1)CC2C(=O)NCc1ccccc1C(F)(F)F. The first-order valence-corrected chi connectivity index (χ1v) is 11.1. The molecule has 1 spiro atoms. The van der Waals surface area contributed by atoms with Gasteiger partial charge in [-0.05, 0) is 61.9 Å². The van der Waals surface area contributed by atoms with Crippen LogP contribution in [0.4, 0.5) is 13.2 Å². The molecular formula is C26H29F3N2O. The van der Waals surface area contributed by atoms with Crippen LogP contribution in [-0.4, -0.2) is 30.4 Å². The third-order valence-corrected chi connectivity index (χ3v) is 6.82. The predicted octanol–water partition coefficient (Wildman–Crippen LogP) is 5.53. The number of nitrogens with one attached hydrogen (secondary N) is 1. The summed E-state index contributed by atoms with van der Waals surface area (Å²) >= 11 is 0. The molecule has 2 fully saturated rings. The predicted molar refractivity (Wildman–Crippen MR) is 120 cm³/mol. The molecule has 4 rings (SSSR count). The number of nitrogens with zero attached hydrogens (tertiary/aromatic N) is 1. The molecule has 3 nitrogen and oxygen atoms in total. The maximum Gasteiger partial charge on any atom is 0.416 e. The third-order valence-electron chi connectivity index (χ3n) is 6.82. The highest BCUT2D eigenvalue weighted by molar-refractivity contribution is 5.82. The second-order valence-electron chi connectivity index (χ2n) is 9.17. The van der Waals surface area contributed by atoms with Gasteiger partial charge in [-0.25, -0.2) is 0 Å². The van der Waals surface area contributed by atoms with E-state index in [-0.39, 0.29) is 29.3 Å². The summed E-state index contributed by atoms with van der Waals surface area (Å²) in [6, 6.07) is 15.7. The van der Waals surface area contributed by atoms with Gasteiger partial charge < -0.3 is 5.32 Å². The fraction of sp³-hybridized carbons (Fsp3) is 0.423. The number of hydrogen-bond acceptors (Lipinski definition) is 2. The molecule has 2 aromatic carbocycles. The molecule has 0 radical (unpaired) electrons. The maximum atomic E-state index is 13.2. The highest BCUT2D eigenvalue weighted by atomic mass is 19.4. The number of carbonyl (C=O) groups excluding carboxylic acids is 1. The molecule has 1 heterocycles. The zero-order chi connectivity index (χ0) is 22.8. The van der Waals surface area contributed by atoms with Crippen molar-refractivity contribution in [3.05, 3.63) is 76.9 Å². The van der Waals surface area contributed by atoms with E-state index < -0.39 is 11.7 Å². The maximum absolute atomic E-state index is 13.2. The van der Waals surface area contributed by atoms with E-state index in [0.717, 1.165) is 45.0 Å². The Morgan fingerprint density at radius 2 is 1.75 bits per heavy atom. The summed E-state index contributed by atoms with van der Waals surface area (Å²) in [6.07, 6.45) is 0.552. The molecule has 1 aliphatic carbocycles. The monoisotopic (exact) mass is 442 g/mol. The van der Waals surface area contributed by atoms with Gasteiger partial charge in [-0.2, -0.15) is 13.2 Å². The van der Waals surface area contributed by atoms with E-state index in [4.69, 9.17) is 0 Å². The second kappa shape index (κ2) is 9.10. The minimum absolute atomic E-state index is 0.0289. The number of piperidine rings is 1. The van der Waals surface area contributed by atoms with E-state index in [1.807, 2.05) is 18.2 Å². The number of alkyl halides is 3. The van der Waals surface area contributed by atoms with E-state index in [9.17, 15) is 18.0 Å². The Morgan fingerprint density at radius 3 is 2.44 bits per heavy atom. The zero-order valence-electron chi connectivity index (χ0n) is 18.3. The summed E-state index contributed by atoms with van der Waals surface area (Å²) in [4.78, 5) is 15.1. The molecule has 1 atom stereocenters. The molecule has 1 amide bonds. The minimum Gasteiger partial charge on any atom is -0.352 e. The Kier molecular flexibility index (Phi) is 6.42. The van der Waals surface area contributed by atoms with Gasteiger partial charge in [0.1, 0.15) is 0 Å². The quantitative estimate of drug-likeness (QED) is 0.638. The fourth-order valence-corrected chi connectivity index (χ4v) is 4.92. The molecule has 32 heavy (non-hydrogen) atoms. The van der Waals surface area contributed by atoms with Crippen molar-refractivity contribution in [2.45, 2.75) is 38.9 Å². The van der Waals surface area contributed by atoms with Crippen molar-refractivity contribution in [3.63, 3.8) is 0 Å². The summed E-state index contributed by atoms with van der Waals surface area (Å²) in [6.45, 7) is 4.86. The van der Waals surface area contributed by atoms with Crippen LogP contribution >= 0.6 is 0 Å². The molecule has 1 unspecified atom stereocenters. The normalized spacial score (nSPS) is 20.9. The van der Waals surface area contributed by atoms with E-state index in [1.54, 1.807) is 6.07 Å². The summed E-state index contributed by atoms with van der Waals surface area (Å²) < 4.78 is 39.5. The van der Waals surface area contributed by atoms with Crippen LogP contribution in [0.15, 0.2) is 60.2 Å². The number of hydrogen-bond donors (Lipinski definition) is 1. The summed E-state index contributed by atoms with van der Waals surface area (Å²) in [5.41, 5.74) is 1.96. The highest BCUT2D eigenvalue weighted by Crippen LogP contribution is 2.59. The van der Waals surface area contributed by atoms with Crippen LogP contribution in [-0.2, 0) is 17.5 Å². The lowest BCUT2D eigenvalue weighted by atomic mass is 9.90. The van der Waals surface area contributed by atoms with Gasteiger partial charge in [0.2, 0.25) is 5.91 Å². The first-order valence-electron chi connectivity index (χ1n) is 11.1. The third kappa shape index (κ3) is 5.23. The number of rotatable bonds is 6. The average molecular weight is 443 g/mol. The lowest BCUT2D eigenvalue weighted by Crippen LogP contribution is -2.37. The van der Waals surface area contributed by atoms with Gasteiger partial charge in [-0.3, -0.25) is 9.69 Å². The molecule has 1 N–H and O–H groups in total. The van der Waals surface area contributed by atoms with Gasteiger partial charge in [0.15, 0.2) is 0 Å². The largest absolute Gasteiger partial charge is 0.416 e. The Balaban J connectivity index is 1.26. The van der Waals surface area contributed by atoms with Crippen LogP contribution in [0.1, 0.15) is 42.9 Å². The molecule has 6 heteroatoms. The van der Waals surface area contributed by atoms with E-state index in [1.165, 1.54) is 23.3 Å². The first kappa shape index (κ1) is 22.6. The van der Waals surface area contributed by atoms with Crippen molar-refractivity contribution in [2.75, 3.05) is 19.6 Å². The molecule has 1 saturated heterocycles. The number of likely N-dealkylation sites (tertiary alicyclic amines) is 1. The lowest BCUT2D eigenvalue weighted by Gasteiger charge is -2.33. The van der Waals surface area contributed by atoms with Crippen molar-refractivity contribution in [1.82, 2.24) is 10.2 Å². The molecule has 2 aromatic rings. The fourth-order valence-electron chi connectivity index (χ4n) is 4.92. The minimum atomic E-state index is -4.41. The van der Waals surface area contributed by atoms with E-state index >= 15 is 0 Å². The van der Waals surface area contributed by atoms with Gasteiger partial charge in [-0.1, -0.05) is 60.2 Å². The molecule has 0 bridgehead atoms. The number of carbonyl (C=O) groups is 1. The molecular weight excluding hydrogens is 413 g/mol. The van der Waals surface area contributed by atoms with Crippen LogP contribution in [0.25, 0.3) is 6.08 Å². The zero-order valence-corrected chi connectivity index (χ0v) is 18.3. The first-order chi connectivity index (χ1) is 15.3. The van der Waals surface area contributed by atoms with Crippen LogP contribution in [0.2, 0.25) is 0 Å². The van der Waals surface area contributed by atoms with Crippen LogP contribution in [0.5, 0.6) is 0 Å². The van der Waals surface area contributed by atoms with Crippen LogP contribution in [0, 0.1) is 11.3 Å². The van der Waals surface area contributed by atoms with Crippen molar-refractivity contribution in [3.8, 4) is 0 Å². The standard InChI is InChI=1S/C26H29F3N2O/c1-19(15-20-7-3-2-4-8-20)18-31-13-11-25(12-14-31)16-23(25)24(32)30-17-21-9-5-6-10-22(21)26(27,28)29/h2-10,15,23H,11-14,16-18H2,1H3,(H,30,32)/b19-15+. The Hall–Kier alpha value is -2.60. The average Bonchev–Trinajstić information content (AvgIpc) is 3.47. The topological polar surface area (TPSA) is 32.3 Å². The lowest BCUT2D eigenvalue weighted by molar-refractivity contribution is -0.138. The van der Waals surface area contributed by atoms with Gasteiger partial charge in [0.25, 0.3) is 0 Å². The van der Waals surface area contributed by atoms with Gasteiger partial charge in [0.05, 0.1) is 5.56 Å². The van der Waals surface area contributed by atoms with Crippen molar-refractivity contribution >= 4 is 12.0 Å². The number of benzene rings is 2. The molecule has 170 valence electrons. The molecule has 2 aliphatic rings. The summed E-state index contributed by atoms with van der Waals surface area (Å²) in [7, 11) is 0. The van der Waals surface area contributed by atoms with Gasteiger partial charge >= 0.3 is 6.18 Å².